The van der Waals surface area contributed by atoms with E-state index in [4.69, 9.17) is 24.8 Å². The van der Waals surface area contributed by atoms with E-state index < -0.39 is 121 Å². The molecule has 0 spiro atoms. The fraction of sp³-hybridized carbons (Fsp3) is 0.250. The summed E-state index contributed by atoms with van der Waals surface area (Å²) in [6.07, 6.45) is 0. The van der Waals surface area contributed by atoms with Crippen LogP contribution < -0.4 is 10.0 Å². The fourth-order valence-corrected chi connectivity index (χ4v) is 4.40. The van der Waals surface area contributed by atoms with Crippen LogP contribution in [0.25, 0.3) is 0 Å². The third-order valence-electron chi connectivity index (χ3n) is 3.48. The van der Waals surface area contributed by atoms with Crippen LogP contribution in [-0.2, 0) is 10.0 Å². The summed E-state index contributed by atoms with van der Waals surface area (Å²) in [6.45, 7) is -17.1. The molecular formula is C20H21N3O5S2. The van der Waals surface area contributed by atoms with Crippen molar-refractivity contribution in [3.8, 4) is 0 Å². The number of thiophene rings is 1. The number of aryl methyl sites for hydroxylation is 2. The Morgan fingerprint density at radius 1 is 1.30 bits per heavy atom. The molecule has 2 aromatic heterocycles. The molecule has 0 atom stereocenters. The first-order chi connectivity index (χ1) is 21.4. The van der Waals surface area contributed by atoms with E-state index in [1.165, 1.54) is 0 Å². The molecule has 10 heteroatoms. The third kappa shape index (κ3) is 4.14. The van der Waals surface area contributed by atoms with Crippen molar-refractivity contribution in [2.45, 2.75) is 39.2 Å². The van der Waals surface area contributed by atoms with Gasteiger partial charge in [0.15, 0.2) is 8.61 Å². The molecule has 0 fully saturated rings. The Kier molecular flexibility index (Phi) is 2.22. The van der Waals surface area contributed by atoms with Crippen molar-refractivity contribution < 1.29 is 47.3 Å². The van der Waals surface area contributed by atoms with Gasteiger partial charge < -0.3 is 9.83 Å². The number of rotatable bonds is 6. The number of nitrogens with zero attached hydrogens (tertiary/aromatic N) is 1. The molecule has 0 unspecified atom stereocenters. The van der Waals surface area contributed by atoms with Crippen molar-refractivity contribution in [2.24, 2.45) is 0 Å². The Labute approximate surface area is 203 Å². The summed E-state index contributed by atoms with van der Waals surface area (Å²) in [6, 6.07) is -0.295. The van der Waals surface area contributed by atoms with Gasteiger partial charge in [0.05, 0.1) is 12.8 Å². The molecule has 8 nitrogen and oxygen atoms in total. The standard InChI is InChI=1S/C20H21N3O5S2/c1-10-8-11(2)17(15(9-10)14(5)24)21-19(25)18-16(6-7-29-18)30(26,27)23-20-12(3)13(4)22-28-20/h6-9,23H,1-5H3,(H,21,25)/i1D3,2D3,3D3,4D3,5D3,8D/hD2. The number of anilines is 2. The second-order valence-electron chi connectivity index (χ2n) is 5.46. The van der Waals surface area contributed by atoms with Crippen molar-refractivity contribution in [3.05, 3.63) is 56.4 Å². The average molecular weight is 466 g/mol. The van der Waals surface area contributed by atoms with E-state index in [0.29, 0.717) is 12.1 Å². The quantitative estimate of drug-likeness (QED) is 0.526. The first kappa shape index (κ1) is 8.27. The van der Waals surface area contributed by atoms with Crippen LogP contribution in [0.4, 0.5) is 11.6 Å². The summed E-state index contributed by atoms with van der Waals surface area (Å²) >= 11 is 0.263. The van der Waals surface area contributed by atoms with Crippen molar-refractivity contribution in [2.75, 3.05) is 10.0 Å². The van der Waals surface area contributed by atoms with E-state index in [0.717, 1.165) is 5.38 Å². The maximum Gasteiger partial charge on any atom is 0.267 e. The molecule has 0 aliphatic heterocycles. The van der Waals surface area contributed by atoms with Crippen LogP contribution >= 0.6 is 11.3 Å². The van der Waals surface area contributed by atoms with E-state index in [1.807, 2.05) is 0 Å². The molecule has 0 aliphatic rings. The summed E-state index contributed by atoms with van der Waals surface area (Å²) in [5.41, 5.74) is -7.66. The second-order valence-corrected chi connectivity index (χ2v) is 7.95. The van der Waals surface area contributed by atoms with Crippen LogP contribution in [0.3, 0.4) is 0 Å². The number of hydrogen-bond acceptors (Lipinski definition) is 7. The van der Waals surface area contributed by atoms with Gasteiger partial charge in [-0.2, -0.15) is 0 Å². The number of ketones is 1. The van der Waals surface area contributed by atoms with Gasteiger partial charge in [0.2, 0.25) is 5.88 Å². The predicted molar refractivity (Wildman–Crippen MR) is 115 cm³/mol. The van der Waals surface area contributed by atoms with Crippen molar-refractivity contribution in [1.29, 1.82) is 0 Å². The summed E-state index contributed by atoms with van der Waals surface area (Å²) in [4.78, 5) is 24.5. The number of amides is 1. The first-order valence-electron chi connectivity index (χ1n) is 16.4. The highest BCUT2D eigenvalue weighted by Gasteiger charge is 2.27. The van der Waals surface area contributed by atoms with E-state index >= 15 is 0 Å². The molecule has 30 heavy (non-hydrogen) atoms. The molecule has 3 aromatic rings. The first-order valence-corrected chi connectivity index (χ1v) is 9.87. The lowest BCUT2D eigenvalue weighted by Crippen LogP contribution is -2.20. The SMILES string of the molecule is [2H]c1c(C([2H])([2H])[2H])cc(C(=O)C([2H])([2H])[2H])c(N([2H])C(=O)c2sccc2S(=O)(=O)N([2H])c2onc(C([2H])([2H])[2H])c2C([2H])([2H])[2H])c1C([2H])([2H])[2H]. The number of nitrogens with one attached hydrogen (secondary N) is 2. The number of carbonyl (C=O) groups is 2. The molecule has 0 saturated heterocycles. The maximum atomic E-state index is 13.7. The highest BCUT2D eigenvalue weighted by molar-refractivity contribution is 7.93. The van der Waals surface area contributed by atoms with Gasteiger partial charge in [-0.05, 0) is 62.9 Å². The van der Waals surface area contributed by atoms with Gasteiger partial charge in [-0.15, -0.1) is 11.3 Å². The number of benzene rings is 1. The van der Waals surface area contributed by atoms with E-state index in [9.17, 15) is 18.0 Å². The van der Waals surface area contributed by atoms with Crippen molar-refractivity contribution >= 4 is 44.6 Å². The lowest BCUT2D eigenvalue weighted by molar-refractivity contribution is 0.101. The molecule has 0 radical (unpaired) electrons. The summed E-state index contributed by atoms with van der Waals surface area (Å²) in [5, 5.41) is 3.59. The third-order valence-corrected chi connectivity index (χ3v) is 5.81. The highest BCUT2D eigenvalue weighted by Crippen LogP contribution is 2.29. The average Bonchev–Trinajstić information content (AvgIpc) is 3.57. The van der Waals surface area contributed by atoms with Crippen molar-refractivity contribution in [3.63, 3.8) is 0 Å². The smallest absolute Gasteiger partial charge is 0.267 e. The number of Topliss-reactive ketones (excluding diaryl/α,β-unsaturated/α-hetero) is 1. The minimum absolute atomic E-state index is 0.263. The zero-order valence-corrected chi connectivity index (χ0v) is 16.1. The van der Waals surface area contributed by atoms with Gasteiger partial charge in [-0.25, -0.2) is 13.1 Å². The summed E-state index contributed by atoms with van der Waals surface area (Å²) in [5.74, 6) is -5.12. The molecule has 3 rings (SSSR count). The minimum atomic E-state index is -5.44. The van der Waals surface area contributed by atoms with Gasteiger partial charge in [-0.1, -0.05) is 11.2 Å². The zero-order valence-electron chi connectivity index (χ0n) is 32.4. The van der Waals surface area contributed by atoms with Crippen molar-refractivity contribution in [1.82, 2.24) is 5.16 Å². The van der Waals surface area contributed by atoms with E-state index in [1.54, 1.807) is 0 Å². The van der Waals surface area contributed by atoms with Gasteiger partial charge in [0.1, 0.15) is 9.77 Å². The molecule has 0 bridgehead atoms. The van der Waals surface area contributed by atoms with Crippen LogP contribution in [0.5, 0.6) is 0 Å². The van der Waals surface area contributed by atoms with Gasteiger partial charge in [-0.3, -0.25) is 9.59 Å². The topological polar surface area (TPSA) is 118 Å². The zero-order chi connectivity index (χ0) is 37.3. The Balaban J connectivity index is 2.31. The van der Waals surface area contributed by atoms with Crippen LogP contribution in [-0.4, -0.2) is 25.3 Å². The fourth-order valence-electron chi connectivity index (χ4n) is 2.18. The Hall–Kier alpha value is -2.98. The lowest BCUT2D eigenvalue weighted by Gasteiger charge is -2.14. The molecule has 2 N–H and O–H groups in total. The molecule has 158 valence electrons. The Morgan fingerprint density at radius 3 is 2.87 bits per heavy atom. The number of carbonyl (C=O) groups excluding carboxylic acids is 2. The van der Waals surface area contributed by atoms with Gasteiger partial charge in [0, 0.05) is 31.7 Å². The normalized spacial score (nSPS) is 22.3. The Bertz CT molecular complexity index is 1870. The molecule has 2 heterocycles. The number of hydrogen-bond donors (Lipinski definition) is 2. The molecule has 1 aromatic carbocycles. The van der Waals surface area contributed by atoms with Crippen LogP contribution in [0, 0.1) is 27.4 Å². The highest BCUT2D eigenvalue weighted by atomic mass is 32.2. The number of aromatic nitrogens is 1. The largest absolute Gasteiger partial charge is 0.337 e. The van der Waals surface area contributed by atoms with E-state index in [-0.39, 0.29) is 11.3 Å². The predicted octanol–water partition coefficient (Wildman–Crippen LogP) is 4.23. The summed E-state index contributed by atoms with van der Waals surface area (Å²) < 4.78 is 171. The maximum absolute atomic E-state index is 13.7. The van der Waals surface area contributed by atoms with Gasteiger partial charge in [0.25, 0.3) is 15.9 Å². The van der Waals surface area contributed by atoms with Gasteiger partial charge >= 0.3 is 0 Å². The van der Waals surface area contributed by atoms with Crippen LogP contribution in [0.1, 0.15) is 71.2 Å². The lowest BCUT2D eigenvalue weighted by atomic mass is 10.0. The molecule has 0 saturated carbocycles. The molecule has 0 aliphatic carbocycles. The number of sulfonamides is 1. The monoisotopic (exact) mass is 465 g/mol. The summed E-state index contributed by atoms with van der Waals surface area (Å²) in [7, 11) is -5.44. The van der Waals surface area contributed by atoms with Crippen LogP contribution in [0.15, 0.2) is 33.0 Å². The molecule has 1 amide bonds. The second kappa shape index (κ2) is 8.04. The minimum Gasteiger partial charge on any atom is -0.337 e. The van der Waals surface area contributed by atoms with E-state index in [2.05, 4.69) is 9.68 Å². The molecular weight excluding hydrogens is 426 g/mol. The Morgan fingerprint density at radius 2 is 2.17 bits per heavy atom. The van der Waals surface area contributed by atoms with Crippen LogP contribution in [0.2, 0.25) is 2.82 Å².